The molecule has 1 atom stereocenters. The number of amides is 3. The highest BCUT2D eigenvalue weighted by Crippen LogP contribution is 2.28. The van der Waals surface area contributed by atoms with Crippen molar-refractivity contribution in [2.75, 3.05) is 32.7 Å². The maximum absolute atomic E-state index is 12.3. The molecule has 6 heteroatoms. The Balaban J connectivity index is 1.42. The first-order chi connectivity index (χ1) is 12.0. The third kappa shape index (κ3) is 4.12. The average Bonchev–Trinajstić information content (AvgIpc) is 3.04. The fraction of sp³-hybridized carbons (Fsp3) is 0.579. The highest BCUT2D eigenvalue weighted by molar-refractivity contribution is 5.78. The number of carbonyl (C=O) groups excluding carboxylic acids is 2. The first-order valence-corrected chi connectivity index (χ1v) is 9.08. The quantitative estimate of drug-likeness (QED) is 0.865. The first kappa shape index (κ1) is 17.7. The monoisotopic (exact) mass is 344 g/mol. The number of likely N-dealkylation sites (tertiary alicyclic amines) is 1. The van der Waals surface area contributed by atoms with E-state index in [0.29, 0.717) is 26.1 Å². The Bertz CT molecular complexity index is 648. The van der Waals surface area contributed by atoms with Gasteiger partial charge in [0.05, 0.1) is 0 Å². The Morgan fingerprint density at radius 2 is 1.96 bits per heavy atom. The van der Waals surface area contributed by atoms with Gasteiger partial charge in [0.2, 0.25) is 5.91 Å². The maximum atomic E-state index is 12.3. The summed E-state index contributed by atoms with van der Waals surface area (Å²) in [4.78, 5) is 28.3. The van der Waals surface area contributed by atoms with Crippen molar-refractivity contribution in [2.45, 2.75) is 32.7 Å². The van der Waals surface area contributed by atoms with E-state index in [4.69, 9.17) is 5.73 Å². The van der Waals surface area contributed by atoms with Gasteiger partial charge in [0.25, 0.3) is 0 Å². The number of carbonyl (C=O) groups is 2. The van der Waals surface area contributed by atoms with Crippen LogP contribution in [0.15, 0.2) is 24.3 Å². The second-order valence-corrected chi connectivity index (χ2v) is 7.50. The molecule has 136 valence electrons. The number of fused-ring (bicyclic) bond motifs is 1. The van der Waals surface area contributed by atoms with Crippen LogP contribution in [0, 0.1) is 5.41 Å². The van der Waals surface area contributed by atoms with Crippen molar-refractivity contribution >= 4 is 11.9 Å². The maximum Gasteiger partial charge on any atom is 0.317 e. The Kier molecular flexibility index (Phi) is 5.27. The molecular weight excluding hydrogens is 316 g/mol. The van der Waals surface area contributed by atoms with Crippen molar-refractivity contribution in [1.82, 2.24) is 15.1 Å². The zero-order valence-electron chi connectivity index (χ0n) is 15.0. The lowest BCUT2D eigenvalue weighted by molar-refractivity contribution is -0.130. The van der Waals surface area contributed by atoms with E-state index in [0.717, 1.165) is 32.5 Å². The van der Waals surface area contributed by atoms with Crippen LogP contribution in [0.3, 0.4) is 0 Å². The molecule has 0 radical (unpaired) electrons. The smallest absolute Gasteiger partial charge is 0.317 e. The van der Waals surface area contributed by atoms with Gasteiger partial charge in [-0.05, 0) is 35.9 Å². The third-order valence-electron chi connectivity index (χ3n) is 5.44. The first-order valence-electron chi connectivity index (χ1n) is 9.08. The van der Waals surface area contributed by atoms with Crippen LogP contribution in [0.5, 0.6) is 0 Å². The Morgan fingerprint density at radius 1 is 1.20 bits per heavy atom. The lowest BCUT2D eigenvalue weighted by atomic mass is 9.90. The summed E-state index contributed by atoms with van der Waals surface area (Å²) < 4.78 is 0. The van der Waals surface area contributed by atoms with Gasteiger partial charge >= 0.3 is 6.03 Å². The molecule has 2 aliphatic heterocycles. The van der Waals surface area contributed by atoms with E-state index in [2.05, 4.69) is 24.4 Å². The molecule has 2 aliphatic rings. The number of urea groups is 1. The lowest BCUT2D eigenvalue weighted by Gasteiger charge is -2.29. The predicted molar refractivity (Wildman–Crippen MR) is 96.9 cm³/mol. The Morgan fingerprint density at radius 3 is 2.68 bits per heavy atom. The van der Waals surface area contributed by atoms with Gasteiger partial charge in [-0.15, -0.1) is 0 Å². The number of benzene rings is 1. The summed E-state index contributed by atoms with van der Waals surface area (Å²) in [5, 5.41) is 2.89. The molecule has 1 unspecified atom stereocenters. The molecule has 2 heterocycles. The van der Waals surface area contributed by atoms with Gasteiger partial charge < -0.3 is 20.9 Å². The molecule has 0 aliphatic carbocycles. The van der Waals surface area contributed by atoms with Crippen molar-refractivity contribution in [3.05, 3.63) is 35.4 Å². The van der Waals surface area contributed by atoms with Crippen molar-refractivity contribution in [3.8, 4) is 0 Å². The van der Waals surface area contributed by atoms with Gasteiger partial charge in [0.15, 0.2) is 0 Å². The van der Waals surface area contributed by atoms with Gasteiger partial charge in [-0.2, -0.15) is 0 Å². The number of nitrogens with zero attached hydrogens (tertiary/aromatic N) is 2. The van der Waals surface area contributed by atoms with E-state index in [1.54, 1.807) is 0 Å². The van der Waals surface area contributed by atoms with Crippen LogP contribution in [0.2, 0.25) is 0 Å². The zero-order chi connectivity index (χ0) is 17.9. The van der Waals surface area contributed by atoms with Gasteiger partial charge in [0, 0.05) is 39.1 Å². The van der Waals surface area contributed by atoms with Gasteiger partial charge in [0.1, 0.15) is 0 Å². The standard InChI is InChI=1S/C19H28N4O2/c1-19(13-20)8-11-23(14-19)17(24)6-9-21-18(25)22-10-7-15-4-2-3-5-16(15)12-22/h2-5H,6-14,20H2,1H3,(H,21,25). The van der Waals surface area contributed by atoms with Gasteiger partial charge in [-0.25, -0.2) is 4.79 Å². The molecule has 0 saturated carbocycles. The minimum atomic E-state index is -0.0875. The second-order valence-electron chi connectivity index (χ2n) is 7.50. The molecule has 3 amide bonds. The van der Waals surface area contributed by atoms with Crippen molar-refractivity contribution in [2.24, 2.45) is 11.1 Å². The van der Waals surface area contributed by atoms with Crippen LogP contribution in [0.25, 0.3) is 0 Å². The predicted octanol–water partition coefficient (Wildman–Crippen LogP) is 1.34. The number of rotatable bonds is 4. The van der Waals surface area contributed by atoms with Crippen LogP contribution in [0.1, 0.15) is 30.9 Å². The molecular formula is C19H28N4O2. The SMILES string of the molecule is CC1(CN)CCN(C(=O)CCNC(=O)N2CCc3ccccc3C2)C1. The van der Waals surface area contributed by atoms with Crippen molar-refractivity contribution in [1.29, 1.82) is 0 Å². The summed E-state index contributed by atoms with van der Waals surface area (Å²) in [6.07, 6.45) is 2.18. The van der Waals surface area contributed by atoms with Gasteiger partial charge in [-0.3, -0.25) is 4.79 Å². The van der Waals surface area contributed by atoms with Gasteiger partial charge in [-0.1, -0.05) is 31.2 Å². The molecule has 3 N–H and O–H groups in total. The molecule has 0 aromatic heterocycles. The molecule has 1 fully saturated rings. The van der Waals surface area contributed by atoms with Crippen molar-refractivity contribution in [3.63, 3.8) is 0 Å². The largest absolute Gasteiger partial charge is 0.342 e. The second kappa shape index (κ2) is 7.44. The molecule has 0 spiro atoms. The fourth-order valence-electron chi connectivity index (χ4n) is 3.62. The molecule has 1 aromatic carbocycles. The van der Waals surface area contributed by atoms with E-state index in [-0.39, 0.29) is 17.4 Å². The third-order valence-corrected chi connectivity index (χ3v) is 5.44. The van der Waals surface area contributed by atoms with Crippen LogP contribution in [-0.2, 0) is 17.8 Å². The summed E-state index contributed by atoms with van der Waals surface area (Å²) in [7, 11) is 0. The fourth-order valence-corrected chi connectivity index (χ4v) is 3.62. The van der Waals surface area contributed by atoms with Crippen LogP contribution in [0.4, 0.5) is 4.79 Å². The highest BCUT2D eigenvalue weighted by Gasteiger charge is 2.34. The average molecular weight is 344 g/mol. The molecule has 0 bridgehead atoms. The normalized spacial score (nSPS) is 22.6. The number of hydrogen-bond donors (Lipinski definition) is 2. The summed E-state index contributed by atoms with van der Waals surface area (Å²) >= 11 is 0. The summed E-state index contributed by atoms with van der Waals surface area (Å²) in [5.74, 6) is 0.0986. The van der Waals surface area contributed by atoms with Crippen LogP contribution < -0.4 is 11.1 Å². The minimum Gasteiger partial charge on any atom is -0.342 e. The van der Waals surface area contributed by atoms with Crippen LogP contribution >= 0.6 is 0 Å². The summed E-state index contributed by atoms with van der Waals surface area (Å²) in [5.41, 5.74) is 8.35. The van der Waals surface area contributed by atoms with E-state index in [1.165, 1.54) is 11.1 Å². The molecule has 6 nitrogen and oxygen atoms in total. The van der Waals surface area contributed by atoms with E-state index in [9.17, 15) is 9.59 Å². The lowest BCUT2D eigenvalue weighted by Crippen LogP contribution is -2.44. The molecule has 25 heavy (non-hydrogen) atoms. The highest BCUT2D eigenvalue weighted by atomic mass is 16.2. The molecule has 1 saturated heterocycles. The summed E-state index contributed by atoms with van der Waals surface area (Å²) in [6.45, 7) is 5.95. The molecule has 1 aromatic rings. The number of nitrogens with two attached hydrogens (primary N) is 1. The minimum absolute atomic E-state index is 0.0418. The Labute approximate surface area is 149 Å². The topological polar surface area (TPSA) is 78.7 Å². The molecule has 3 rings (SSSR count). The van der Waals surface area contributed by atoms with Crippen molar-refractivity contribution < 1.29 is 9.59 Å². The number of hydrogen-bond acceptors (Lipinski definition) is 3. The Hall–Kier alpha value is -2.08. The summed E-state index contributed by atoms with van der Waals surface area (Å²) in [6, 6.07) is 8.14. The van der Waals surface area contributed by atoms with E-state index >= 15 is 0 Å². The van der Waals surface area contributed by atoms with Crippen LogP contribution in [-0.4, -0.2) is 54.5 Å². The van der Waals surface area contributed by atoms with E-state index in [1.807, 2.05) is 21.9 Å². The zero-order valence-corrected chi connectivity index (χ0v) is 15.0. The number of nitrogens with one attached hydrogen (secondary N) is 1. The van der Waals surface area contributed by atoms with E-state index < -0.39 is 0 Å².